The van der Waals surface area contributed by atoms with Crippen molar-refractivity contribution in [3.05, 3.63) is 83.9 Å². The zero-order valence-corrected chi connectivity index (χ0v) is 14.6. The third kappa shape index (κ3) is 3.51. The number of hydrogen-bond donors (Lipinski definition) is 1. The molecule has 2 heterocycles. The molecule has 0 saturated carbocycles. The van der Waals surface area contributed by atoms with Crippen molar-refractivity contribution in [2.45, 2.75) is 25.9 Å². The van der Waals surface area contributed by atoms with Crippen LogP contribution in [0.25, 0.3) is 22.4 Å². The van der Waals surface area contributed by atoms with Gasteiger partial charge in [-0.2, -0.15) is 4.98 Å². The zero-order chi connectivity index (χ0) is 17.9. The summed E-state index contributed by atoms with van der Waals surface area (Å²) in [6, 6.07) is 20.3. The van der Waals surface area contributed by atoms with Crippen LogP contribution in [0.1, 0.15) is 29.5 Å². The lowest BCUT2D eigenvalue weighted by molar-refractivity contribution is 0.137. The maximum atomic E-state index is 10.4. The molecule has 0 radical (unpaired) electrons. The number of aliphatic hydroxyl groups is 1. The van der Waals surface area contributed by atoms with Gasteiger partial charge in [0.2, 0.25) is 5.89 Å². The van der Waals surface area contributed by atoms with Crippen molar-refractivity contribution in [3.8, 4) is 11.1 Å². The van der Waals surface area contributed by atoms with Crippen LogP contribution in [-0.2, 0) is 6.42 Å². The average Bonchev–Trinajstić information content (AvgIpc) is 3.11. The molecule has 0 aliphatic heterocycles. The highest BCUT2D eigenvalue weighted by atomic mass is 16.4. The third-order valence-electron chi connectivity index (χ3n) is 4.48. The predicted octanol–water partition coefficient (Wildman–Crippen LogP) is 4.86. The number of nitrogens with zero attached hydrogens (tertiary/aromatic N) is 2. The molecule has 4 heteroatoms. The first-order chi connectivity index (χ1) is 12.7. The third-order valence-corrected chi connectivity index (χ3v) is 4.48. The Kier molecular flexibility index (Phi) is 4.50. The Hall–Kier alpha value is -2.98. The summed E-state index contributed by atoms with van der Waals surface area (Å²) in [5.74, 6) is 0.324. The van der Waals surface area contributed by atoms with Gasteiger partial charge in [-0.1, -0.05) is 60.2 Å². The fraction of sp³-hybridized carbons (Fsp3) is 0.182. The standard InChI is InChI=1S/C22H20N2O2/c1-15-7-10-17(11-8-15)18-13-20-21(23-14-18)24-22(26-20)19(25)12-9-16-5-3-2-4-6-16/h2-8,10-11,13-14,19,25H,9,12H2,1H3. The normalized spacial score (nSPS) is 12.4. The van der Waals surface area contributed by atoms with Gasteiger partial charge >= 0.3 is 0 Å². The second-order valence-electron chi connectivity index (χ2n) is 6.50. The van der Waals surface area contributed by atoms with Gasteiger partial charge in [-0.05, 0) is 37.0 Å². The molecule has 26 heavy (non-hydrogen) atoms. The fourth-order valence-corrected chi connectivity index (χ4v) is 2.95. The predicted molar refractivity (Wildman–Crippen MR) is 102 cm³/mol. The lowest BCUT2D eigenvalue weighted by atomic mass is 10.1. The Balaban J connectivity index is 1.54. The van der Waals surface area contributed by atoms with E-state index in [1.165, 1.54) is 11.1 Å². The van der Waals surface area contributed by atoms with Gasteiger partial charge in [-0.3, -0.25) is 0 Å². The van der Waals surface area contributed by atoms with Crippen molar-refractivity contribution in [2.24, 2.45) is 0 Å². The van der Waals surface area contributed by atoms with Crippen LogP contribution >= 0.6 is 0 Å². The average molecular weight is 344 g/mol. The minimum atomic E-state index is -0.743. The number of aryl methyl sites for hydroxylation is 2. The molecule has 4 nitrogen and oxygen atoms in total. The molecular formula is C22H20N2O2. The van der Waals surface area contributed by atoms with Gasteiger partial charge < -0.3 is 9.52 Å². The minimum Gasteiger partial charge on any atom is -0.436 e. The van der Waals surface area contributed by atoms with E-state index in [0.717, 1.165) is 17.5 Å². The first kappa shape index (κ1) is 16.5. The lowest BCUT2D eigenvalue weighted by Crippen LogP contribution is -1.99. The summed E-state index contributed by atoms with van der Waals surface area (Å²) >= 11 is 0. The number of benzene rings is 2. The van der Waals surface area contributed by atoms with Gasteiger partial charge in [-0.15, -0.1) is 0 Å². The Morgan fingerprint density at radius 3 is 2.54 bits per heavy atom. The first-order valence-electron chi connectivity index (χ1n) is 8.74. The number of aliphatic hydroxyl groups excluding tert-OH is 1. The summed E-state index contributed by atoms with van der Waals surface area (Å²) < 4.78 is 5.78. The highest BCUT2D eigenvalue weighted by molar-refractivity contribution is 5.76. The Bertz CT molecular complexity index is 1010. The molecule has 1 unspecified atom stereocenters. The summed E-state index contributed by atoms with van der Waals surface area (Å²) in [6.45, 7) is 2.06. The molecule has 1 atom stereocenters. The number of rotatable bonds is 5. The van der Waals surface area contributed by atoms with Crippen LogP contribution in [-0.4, -0.2) is 15.1 Å². The highest BCUT2D eigenvalue weighted by Crippen LogP contribution is 2.26. The number of aromatic nitrogens is 2. The fourth-order valence-electron chi connectivity index (χ4n) is 2.95. The molecule has 130 valence electrons. The van der Waals surface area contributed by atoms with Crippen LogP contribution < -0.4 is 0 Å². The van der Waals surface area contributed by atoms with Crippen molar-refractivity contribution < 1.29 is 9.52 Å². The molecule has 0 spiro atoms. The van der Waals surface area contributed by atoms with E-state index in [9.17, 15) is 5.11 Å². The van der Waals surface area contributed by atoms with Crippen molar-refractivity contribution in [1.82, 2.24) is 9.97 Å². The van der Waals surface area contributed by atoms with Crippen LogP contribution in [0.5, 0.6) is 0 Å². The van der Waals surface area contributed by atoms with Crippen LogP contribution in [0.4, 0.5) is 0 Å². The summed E-state index contributed by atoms with van der Waals surface area (Å²) in [7, 11) is 0. The van der Waals surface area contributed by atoms with Crippen LogP contribution in [0.3, 0.4) is 0 Å². The monoisotopic (exact) mass is 344 g/mol. The lowest BCUT2D eigenvalue weighted by Gasteiger charge is -2.06. The Morgan fingerprint density at radius 2 is 1.77 bits per heavy atom. The molecule has 0 amide bonds. The molecule has 2 aromatic carbocycles. The van der Waals surface area contributed by atoms with Crippen LogP contribution in [0.15, 0.2) is 71.3 Å². The van der Waals surface area contributed by atoms with E-state index in [0.29, 0.717) is 23.5 Å². The van der Waals surface area contributed by atoms with Gasteiger partial charge in [0.15, 0.2) is 11.2 Å². The number of fused-ring (bicyclic) bond motifs is 1. The van der Waals surface area contributed by atoms with Gasteiger partial charge in [0.05, 0.1) is 0 Å². The van der Waals surface area contributed by atoms with Crippen molar-refractivity contribution in [1.29, 1.82) is 0 Å². The van der Waals surface area contributed by atoms with Gasteiger partial charge in [0.1, 0.15) is 6.10 Å². The number of pyridine rings is 1. The molecular weight excluding hydrogens is 324 g/mol. The molecule has 4 rings (SSSR count). The van der Waals surface area contributed by atoms with Gasteiger partial charge in [0, 0.05) is 11.8 Å². The first-order valence-corrected chi connectivity index (χ1v) is 8.74. The maximum absolute atomic E-state index is 10.4. The van der Waals surface area contributed by atoms with Crippen LogP contribution in [0.2, 0.25) is 0 Å². The smallest absolute Gasteiger partial charge is 0.225 e. The Morgan fingerprint density at radius 1 is 1.00 bits per heavy atom. The topological polar surface area (TPSA) is 59.2 Å². The van der Waals surface area contributed by atoms with E-state index in [2.05, 4.69) is 41.2 Å². The largest absolute Gasteiger partial charge is 0.436 e. The highest BCUT2D eigenvalue weighted by Gasteiger charge is 2.16. The molecule has 1 N–H and O–H groups in total. The summed E-state index contributed by atoms with van der Waals surface area (Å²) in [5.41, 5.74) is 5.56. The van der Waals surface area contributed by atoms with E-state index in [1.807, 2.05) is 36.4 Å². The number of hydrogen-bond acceptors (Lipinski definition) is 4. The molecule has 2 aromatic heterocycles. The van der Waals surface area contributed by atoms with Crippen LogP contribution in [0, 0.1) is 6.92 Å². The molecule has 0 aliphatic rings. The maximum Gasteiger partial charge on any atom is 0.225 e. The molecule has 0 bridgehead atoms. The Labute approximate surface area is 152 Å². The summed E-state index contributed by atoms with van der Waals surface area (Å²) in [6.07, 6.45) is 2.37. The van der Waals surface area contributed by atoms with Crippen molar-refractivity contribution >= 4 is 11.2 Å². The van der Waals surface area contributed by atoms with E-state index in [-0.39, 0.29) is 0 Å². The second-order valence-corrected chi connectivity index (χ2v) is 6.50. The number of oxazole rings is 1. The zero-order valence-electron chi connectivity index (χ0n) is 14.6. The van der Waals surface area contributed by atoms with E-state index < -0.39 is 6.10 Å². The summed E-state index contributed by atoms with van der Waals surface area (Å²) in [5, 5.41) is 10.4. The van der Waals surface area contributed by atoms with Gasteiger partial charge in [-0.25, -0.2) is 4.98 Å². The van der Waals surface area contributed by atoms with E-state index in [4.69, 9.17) is 4.42 Å². The quantitative estimate of drug-likeness (QED) is 0.561. The minimum absolute atomic E-state index is 0.324. The van der Waals surface area contributed by atoms with Crippen molar-refractivity contribution in [2.75, 3.05) is 0 Å². The SMILES string of the molecule is Cc1ccc(-c2cnc3nc(C(O)CCc4ccccc4)oc3c2)cc1. The summed E-state index contributed by atoms with van der Waals surface area (Å²) in [4.78, 5) is 8.73. The van der Waals surface area contributed by atoms with Gasteiger partial charge in [0.25, 0.3) is 0 Å². The van der Waals surface area contributed by atoms with E-state index >= 15 is 0 Å². The second kappa shape index (κ2) is 7.10. The molecule has 0 aliphatic carbocycles. The molecule has 0 fully saturated rings. The molecule has 4 aromatic rings. The molecule has 0 saturated heterocycles. The van der Waals surface area contributed by atoms with E-state index in [1.54, 1.807) is 6.20 Å². The van der Waals surface area contributed by atoms with Crippen molar-refractivity contribution in [3.63, 3.8) is 0 Å².